The van der Waals surface area contributed by atoms with Crippen molar-refractivity contribution in [2.24, 2.45) is 0 Å². The fraction of sp³-hybridized carbons (Fsp3) is 0.208. The number of piperazine rings is 1. The van der Waals surface area contributed by atoms with Crippen LogP contribution in [0, 0.1) is 12.7 Å². The van der Waals surface area contributed by atoms with Gasteiger partial charge in [-0.25, -0.2) is 14.2 Å². The Kier molecular flexibility index (Phi) is 6.06. The van der Waals surface area contributed by atoms with E-state index in [1.165, 1.54) is 12.1 Å². The van der Waals surface area contributed by atoms with Crippen molar-refractivity contribution >= 4 is 40.2 Å². The first kappa shape index (κ1) is 22.4. The van der Waals surface area contributed by atoms with Gasteiger partial charge in [0.25, 0.3) is 0 Å². The van der Waals surface area contributed by atoms with Gasteiger partial charge in [0.05, 0.1) is 22.8 Å². The number of nitrogens with one attached hydrogen (secondary N) is 3. The quantitative estimate of drug-likeness (QED) is 0.375. The highest BCUT2D eigenvalue weighted by Gasteiger charge is 2.18. The number of hydrogen-bond acceptors (Lipinski definition) is 8. The van der Waals surface area contributed by atoms with E-state index in [2.05, 4.69) is 36.0 Å². The number of aromatic nitrogens is 3. The monoisotopic (exact) mass is 475 g/mol. The highest BCUT2D eigenvalue weighted by Crippen LogP contribution is 2.22. The molecule has 0 saturated carbocycles. The van der Waals surface area contributed by atoms with E-state index >= 15 is 0 Å². The molecule has 0 aliphatic carbocycles. The number of carbonyl (C=O) groups excluding carboxylic acids is 2. The van der Waals surface area contributed by atoms with E-state index in [1.54, 1.807) is 37.4 Å². The fourth-order valence-electron chi connectivity index (χ4n) is 3.83. The molecule has 1 fully saturated rings. The molecule has 1 saturated heterocycles. The molecule has 10 nitrogen and oxygen atoms in total. The average molecular weight is 475 g/mol. The molecule has 35 heavy (non-hydrogen) atoms. The third kappa shape index (κ3) is 4.94. The molecule has 2 aromatic heterocycles. The Morgan fingerprint density at radius 3 is 2.63 bits per heavy atom. The van der Waals surface area contributed by atoms with Crippen molar-refractivity contribution in [1.82, 2.24) is 20.4 Å². The second-order valence-electron chi connectivity index (χ2n) is 8.09. The number of benzene rings is 2. The lowest BCUT2D eigenvalue weighted by Gasteiger charge is -2.28. The van der Waals surface area contributed by atoms with E-state index < -0.39 is 17.6 Å². The largest absolute Gasteiger partial charge is 0.360 e. The average Bonchev–Trinajstić information content (AvgIpc) is 3.27. The molecule has 1 aliphatic heterocycles. The summed E-state index contributed by atoms with van der Waals surface area (Å²) >= 11 is 0. The molecule has 0 atom stereocenters. The van der Waals surface area contributed by atoms with Crippen molar-refractivity contribution in [2.45, 2.75) is 6.92 Å². The molecule has 1 aliphatic rings. The Bertz CT molecular complexity index is 1420. The van der Waals surface area contributed by atoms with Crippen LogP contribution in [0.5, 0.6) is 0 Å². The van der Waals surface area contributed by atoms with Gasteiger partial charge >= 0.3 is 6.03 Å². The van der Waals surface area contributed by atoms with Crippen LogP contribution in [0.2, 0.25) is 0 Å². The number of aryl methyl sites for hydroxylation is 1. The van der Waals surface area contributed by atoms with Gasteiger partial charge in [-0.1, -0.05) is 5.16 Å². The first-order chi connectivity index (χ1) is 17.0. The number of fused-ring (bicyclic) bond motifs is 1. The van der Waals surface area contributed by atoms with Crippen LogP contribution >= 0.6 is 0 Å². The first-order valence-electron chi connectivity index (χ1n) is 11.0. The number of ketones is 1. The highest BCUT2D eigenvalue weighted by molar-refractivity contribution is 6.10. The molecule has 178 valence electrons. The molecule has 0 bridgehead atoms. The van der Waals surface area contributed by atoms with E-state index in [-0.39, 0.29) is 17.1 Å². The van der Waals surface area contributed by atoms with Gasteiger partial charge in [-0.15, -0.1) is 0 Å². The van der Waals surface area contributed by atoms with Crippen molar-refractivity contribution in [3.05, 3.63) is 71.4 Å². The number of urea groups is 1. The van der Waals surface area contributed by atoms with Crippen LogP contribution in [0.4, 0.5) is 26.5 Å². The number of halogens is 1. The molecule has 0 spiro atoms. The van der Waals surface area contributed by atoms with E-state index in [1.807, 2.05) is 0 Å². The van der Waals surface area contributed by atoms with Gasteiger partial charge in [-0.2, -0.15) is 0 Å². The van der Waals surface area contributed by atoms with Crippen LogP contribution in [0.3, 0.4) is 0 Å². The zero-order chi connectivity index (χ0) is 24.4. The second kappa shape index (κ2) is 9.47. The molecule has 2 amide bonds. The van der Waals surface area contributed by atoms with Gasteiger partial charge in [0.1, 0.15) is 17.4 Å². The van der Waals surface area contributed by atoms with Crippen LogP contribution in [-0.2, 0) is 0 Å². The maximum atomic E-state index is 14.8. The molecule has 5 rings (SSSR count). The number of nitrogens with zero attached hydrogens (tertiary/aromatic N) is 4. The van der Waals surface area contributed by atoms with E-state index in [4.69, 9.17) is 4.52 Å². The number of rotatable bonds is 5. The molecule has 2 aromatic carbocycles. The Hall–Kier alpha value is -4.38. The summed E-state index contributed by atoms with van der Waals surface area (Å²) in [5.74, 6) is 0.253. The normalized spacial score (nSPS) is 13.6. The fourth-order valence-corrected chi connectivity index (χ4v) is 3.83. The van der Waals surface area contributed by atoms with Gasteiger partial charge in [-0.3, -0.25) is 15.1 Å². The number of anilines is 3. The van der Waals surface area contributed by atoms with E-state index in [0.29, 0.717) is 22.4 Å². The highest BCUT2D eigenvalue weighted by atomic mass is 19.1. The summed E-state index contributed by atoms with van der Waals surface area (Å²) in [6, 6.07) is 9.71. The van der Waals surface area contributed by atoms with Crippen molar-refractivity contribution in [3.8, 4) is 0 Å². The van der Waals surface area contributed by atoms with Crippen molar-refractivity contribution in [1.29, 1.82) is 0 Å². The van der Waals surface area contributed by atoms with Crippen molar-refractivity contribution in [3.63, 3.8) is 0 Å². The summed E-state index contributed by atoms with van der Waals surface area (Å²) in [6.45, 7) is 5.06. The van der Waals surface area contributed by atoms with Gasteiger partial charge in [0, 0.05) is 43.5 Å². The van der Waals surface area contributed by atoms with Crippen LogP contribution in [0.25, 0.3) is 11.0 Å². The maximum Gasteiger partial charge on any atom is 0.324 e. The Labute approximate surface area is 199 Å². The van der Waals surface area contributed by atoms with Gasteiger partial charge in [-0.05, 0) is 43.3 Å². The predicted octanol–water partition coefficient (Wildman–Crippen LogP) is 3.35. The van der Waals surface area contributed by atoms with E-state index in [9.17, 15) is 14.0 Å². The standard InChI is InChI=1S/C24H22FN7O3/c1-14-10-21(31-35-14)30-24(34)28-16-3-4-17(18(25)12-16)23(33)15-2-5-19-20(11-15)29-22(13-27-19)32-8-6-26-7-9-32/h2-5,10-13,26H,6-9H2,1H3,(H2,28,30,31,34). The van der Waals surface area contributed by atoms with Crippen LogP contribution in [-0.4, -0.2) is 53.1 Å². The molecule has 0 radical (unpaired) electrons. The minimum atomic E-state index is -0.758. The predicted molar refractivity (Wildman–Crippen MR) is 128 cm³/mol. The summed E-state index contributed by atoms with van der Waals surface area (Å²) in [5, 5.41) is 11.9. The molecular weight excluding hydrogens is 453 g/mol. The second-order valence-corrected chi connectivity index (χ2v) is 8.09. The van der Waals surface area contributed by atoms with Gasteiger partial charge in [0.15, 0.2) is 11.6 Å². The smallest absolute Gasteiger partial charge is 0.324 e. The summed E-state index contributed by atoms with van der Waals surface area (Å²) in [4.78, 5) is 36.4. The number of carbonyl (C=O) groups is 2. The lowest BCUT2D eigenvalue weighted by molar-refractivity contribution is 0.103. The van der Waals surface area contributed by atoms with Crippen molar-refractivity contribution < 1.29 is 18.5 Å². The lowest BCUT2D eigenvalue weighted by Crippen LogP contribution is -2.43. The van der Waals surface area contributed by atoms with Crippen LogP contribution < -0.4 is 20.9 Å². The summed E-state index contributed by atoms with van der Waals surface area (Å²) in [6.07, 6.45) is 1.72. The molecule has 4 aromatic rings. The summed E-state index contributed by atoms with van der Waals surface area (Å²) in [5.41, 5.74) is 1.57. The Balaban J connectivity index is 1.33. The molecular formula is C24H22FN7O3. The zero-order valence-electron chi connectivity index (χ0n) is 18.8. The minimum Gasteiger partial charge on any atom is -0.360 e. The van der Waals surface area contributed by atoms with Gasteiger partial charge < -0.3 is 20.1 Å². The molecule has 11 heteroatoms. The molecule has 3 N–H and O–H groups in total. The Morgan fingerprint density at radius 1 is 1.06 bits per heavy atom. The van der Waals surface area contributed by atoms with Crippen molar-refractivity contribution in [2.75, 3.05) is 41.7 Å². The summed E-state index contributed by atoms with van der Waals surface area (Å²) < 4.78 is 19.7. The van der Waals surface area contributed by atoms with E-state index in [0.717, 1.165) is 38.1 Å². The number of amides is 2. The lowest BCUT2D eigenvalue weighted by atomic mass is 10.0. The molecule has 0 unspecified atom stereocenters. The van der Waals surface area contributed by atoms with Crippen LogP contribution in [0.15, 0.2) is 53.2 Å². The summed E-state index contributed by atoms with van der Waals surface area (Å²) in [7, 11) is 0. The zero-order valence-corrected chi connectivity index (χ0v) is 18.8. The topological polar surface area (TPSA) is 125 Å². The SMILES string of the molecule is Cc1cc(NC(=O)Nc2ccc(C(=O)c3ccc4ncc(N5CCNCC5)nc4c3)c(F)c2)no1. The Morgan fingerprint density at radius 2 is 1.89 bits per heavy atom. The number of hydrogen-bond donors (Lipinski definition) is 3. The maximum absolute atomic E-state index is 14.8. The minimum absolute atomic E-state index is 0.117. The first-order valence-corrected chi connectivity index (χ1v) is 11.0. The van der Waals surface area contributed by atoms with Crippen LogP contribution in [0.1, 0.15) is 21.7 Å². The molecule has 3 heterocycles. The third-order valence-electron chi connectivity index (χ3n) is 5.57. The van der Waals surface area contributed by atoms with Gasteiger partial charge in [0.2, 0.25) is 0 Å². The third-order valence-corrected chi connectivity index (χ3v) is 5.57.